The third kappa shape index (κ3) is 3.96. The van der Waals surface area contributed by atoms with E-state index >= 15 is 0 Å². The molecule has 1 amide bonds. The summed E-state index contributed by atoms with van der Waals surface area (Å²) in [6.45, 7) is 2.99. The minimum atomic E-state index is -0.662. The number of fused-ring (bicyclic) bond motifs is 1. The number of methoxy groups -OCH3 is 1. The number of carbonyl (C=O) groups excluding carboxylic acids is 1. The monoisotopic (exact) mass is 444 g/mol. The lowest BCUT2D eigenvalue weighted by atomic mass is 10.1. The van der Waals surface area contributed by atoms with Crippen molar-refractivity contribution in [2.75, 3.05) is 20.3 Å². The van der Waals surface area contributed by atoms with E-state index in [1.165, 1.54) is 23.5 Å². The number of amides is 1. The molecule has 3 aromatic rings. The van der Waals surface area contributed by atoms with Gasteiger partial charge in [0.25, 0.3) is 5.91 Å². The zero-order valence-electron chi connectivity index (χ0n) is 17.0. The van der Waals surface area contributed by atoms with Gasteiger partial charge in [-0.15, -0.1) is 10.2 Å². The van der Waals surface area contributed by atoms with Crippen LogP contribution in [0.15, 0.2) is 35.3 Å². The summed E-state index contributed by atoms with van der Waals surface area (Å²) in [5, 5.41) is 19.8. The Kier molecular flexibility index (Phi) is 5.84. The lowest BCUT2D eigenvalue weighted by Gasteiger charge is -2.36. The lowest BCUT2D eigenvalue weighted by Crippen LogP contribution is -2.50. The van der Waals surface area contributed by atoms with E-state index < -0.39 is 17.1 Å². The molecule has 1 N–H and O–H groups in total. The van der Waals surface area contributed by atoms with Gasteiger partial charge < -0.3 is 19.3 Å². The Morgan fingerprint density at radius 1 is 1.26 bits per heavy atom. The molecule has 0 spiro atoms. The van der Waals surface area contributed by atoms with Gasteiger partial charge in [0.2, 0.25) is 5.43 Å². The van der Waals surface area contributed by atoms with Gasteiger partial charge in [0.1, 0.15) is 10.8 Å². The Balaban J connectivity index is 1.70. The molecule has 0 bridgehead atoms. The van der Waals surface area contributed by atoms with E-state index in [1.54, 1.807) is 34.9 Å². The van der Waals surface area contributed by atoms with Gasteiger partial charge in [-0.3, -0.25) is 9.59 Å². The fourth-order valence-corrected chi connectivity index (χ4v) is 4.63. The van der Waals surface area contributed by atoms with Crippen LogP contribution in [0.1, 0.15) is 28.0 Å². The largest absolute Gasteiger partial charge is 0.503 e. The summed E-state index contributed by atoms with van der Waals surface area (Å²) in [5.74, 6) is -1.32. The number of nitrogens with zero attached hydrogens (tertiary/aromatic N) is 4. The first-order chi connectivity index (χ1) is 14.9. The highest BCUT2D eigenvalue weighted by atomic mass is 32.1. The molecular weight excluding hydrogens is 423 g/mol. The summed E-state index contributed by atoms with van der Waals surface area (Å²) in [5.41, 5.74) is 0.351. The predicted octanol–water partition coefficient (Wildman–Crippen LogP) is 2.29. The number of benzene rings is 1. The fourth-order valence-electron chi connectivity index (χ4n) is 3.75. The van der Waals surface area contributed by atoms with Gasteiger partial charge in [0, 0.05) is 32.8 Å². The molecule has 1 aromatic carbocycles. The number of aromatic nitrogens is 3. The molecule has 0 aliphatic carbocycles. The van der Waals surface area contributed by atoms with E-state index in [-0.39, 0.29) is 23.1 Å². The molecule has 1 aliphatic heterocycles. The predicted molar refractivity (Wildman–Crippen MR) is 113 cm³/mol. The molecular formula is C21H21FN4O4S. The van der Waals surface area contributed by atoms with Crippen LogP contribution in [0, 0.1) is 5.82 Å². The van der Waals surface area contributed by atoms with Gasteiger partial charge >= 0.3 is 0 Å². The molecule has 0 fully saturated rings. The van der Waals surface area contributed by atoms with Crippen molar-refractivity contribution in [3.63, 3.8) is 0 Å². The average molecular weight is 444 g/mol. The SMILES string of the molecule is CCN1C(=O)c2c(O)c(=O)c(-c3nnc(Cc4ccc(F)cc4)s3)cn2C[C@H]1COC. The number of pyridine rings is 1. The first-order valence-corrected chi connectivity index (χ1v) is 10.6. The van der Waals surface area contributed by atoms with Crippen LogP contribution in [0.5, 0.6) is 5.75 Å². The van der Waals surface area contributed by atoms with E-state index in [0.717, 1.165) is 5.56 Å². The molecule has 31 heavy (non-hydrogen) atoms. The van der Waals surface area contributed by atoms with Crippen LogP contribution < -0.4 is 5.43 Å². The number of hydrogen-bond acceptors (Lipinski definition) is 7. The Morgan fingerprint density at radius 2 is 2.00 bits per heavy atom. The van der Waals surface area contributed by atoms with Crippen molar-refractivity contribution in [2.45, 2.75) is 25.9 Å². The second-order valence-corrected chi connectivity index (χ2v) is 8.29. The van der Waals surface area contributed by atoms with Gasteiger partial charge in [0.15, 0.2) is 16.5 Å². The van der Waals surface area contributed by atoms with Crippen molar-refractivity contribution < 1.29 is 19.0 Å². The van der Waals surface area contributed by atoms with E-state index in [9.17, 15) is 19.1 Å². The third-order valence-corrected chi connectivity index (χ3v) is 6.19. The minimum Gasteiger partial charge on any atom is -0.503 e. The van der Waals surface area contributed by atoms with Gasteiger partial charge in [-0.25, -0.2) is 4.39 Å². The minimum absolute atomic E-state index is 0.0287. The van der Waals surface area contributed by atoms with E-state index in [1.807, 2.05) is 6.92 Å². The fraction of sp³-hybridized carbons (Fsp3) is 0.333. The maximum Gasteiger partial charge on any atom is 0.274 e. The average Bonchev–Trinajstić information content (AvgIpc) is 3.21. The zero-order valence-corrected chi connectivity index (χ0v) is 17.9. The van der Waals surface area contributed by atoms with E-state index in [0.29, 0.717) is 36.1 Å². The summed E-state index contributed by atoms with van der Waals surface area (Å²) in [7, 11) is 1.56. The van der Waals surface area contributed by atoms with Crippen LogP contribution in [0.4, 0.5) is 4.39 Å². The second kappa shape index (κ2) is 8.56. The van der Waals surface area contributed by atoms with Crippen molar-refractivity contribution >= 4 is 17.2 Å². The number of hydrogen-bond donors (Lipinski definition) is 1. The van der Waals surface area contributed by atoms with Crippen molar-refractivity contribution in [3.05, 3.63) is 62.8 Å². The molecule has 8 nitrogen and oxygen atoms in total. The zero-order chi connectivity index (χ0) is 22.1. The van der Waals surface area contributed by atoms with Gasteiger partial charge in [-0.2, -0.15) is 0 Å². The van der Waals surface area contributed by atoms with Crippen LogP contribution in [0.2, 0.25) is 0 Å². The second-order valence-electron chi connectivity index (χ2n) is 7.23. The highest BCUT2D eigenvalue weighted by molar-refractivity contribution is 7.14. The molecule has 3 heterocycles. The normalized spacial score (nSPS) is 15.9. The molecule has 162 valence electrons. The Bertz CT molecular complexity index is 1180. The maximum absolute atomic E-state index is 13.1. The molecule has 4 rings (SSSR count). The summed E-state index contributed by atoms with van der Waals surface area (Å²) in [6, 6.07) is 5.86. The Labute approximate surface area is 181 Å². The summed E-state index contributed by atoms with van der Waals surface area (Å²) in [6.07, 6.45) is 1.99. The molecule has 0 unspecified atom stereocenters. The van der Waals surface area contributed by atoms with Gasteiger partial charge in [-0.1, -0.05) is 23.5 Å². The Hall–Kier alpha value is -3.11. The maximum atomic E-state index is 13.1. The molecule has 1 atom stereocenters. The van der Waals surface area contributed by atoms with Crippen LogP contribution in [0.3, 0.4) is 0 Å². The summed E-state index contributed by atoms with van der Waals surface area (Å²) < 4.78 is 19.9. The van der Waals surface area contributed by atoms with Crippen LogP contribution in [-0.4, -0.2) is 57.0 Å². The topological polar surface area (TPSA) is 97.5 Å². The highest BCUT2D eigenvalue weighted by Gasteiger charge is 2.35. The first-order valence-electron chi connectivity index (χ1n) is 9.76. The molecule has 0 saturated heterocycles. The van der Waals surface area contributed by atoms with Gasteiger partial charge in [-0.05, 0) is 24.6 Å². The molecule has 1 aliphatic rings. The summed E-state index contributed by atoms with van der Waals surface area (Å²) >= 11 is 1.22. The highest BCUT2D eigenvalue weighted by Crippen LogP contribution is 2.29. The standard InChI is InChI=1S/C21H21FN4O4S/c1-3-26-14(11-30-2)9-25-10-15(18(27)19(28)17(25)21(26)29)20-24-23-16(31-20)8-12-4-6-13(22)7-5-12/h4-7,10,14,28H,3,8-9,11H2,1-2H3/t14-/m0/s1. The summed E-state index contributed by atoms with van der Waals surface area (Å²) in [4.78, 5) is 27.3. The lowest BCUT2D eigenvalue weighted by molar-refractivity contribution is 0.0423. The van der Waals surface area contributed by atoms with Crippen molar-refractivity contribution in [1.82, 2.24) is 19.7 Å². The molecule has 2 aromatic heterocycles. The van der Waals surface area contributed by atoms with Crippen molar-refractivity contribution in [3.8, 4) is 16.3 Å². The number of carbonyl (C=O) groups is 1. The third-order valence-electron chi connectivity index (χ3n) is 5.23. The number of likely N-dealkylation sites (N-methyl/N-ethyl adjacent to an activating group) is 1. The quantitative estimate of drug-likeness (QED) is 0.627. The van der Waals surface area contributed by atoms with E-state index in [4.69, 9.17) is 4.74 Å². The van der Waals surface area contributed by atoms with E-state index in [2.05, 4.69) is 10.2 Å². The van der Waals surface area contributed by atoms with Crippen LogP contribution in [0.25, 0.3) is 10.6 Å². The molecule has 10 heteroatoms. The van der Waals surface area contributed by atoms with Crippen LogP contribution in [-0.2, 0) is 17.7 Å². The van der Waals surface area contributed by atoms with Crippen LogP contribution >= 0.6 is 11.3 Å². The molecule has 0 saturated carbocycles. The first kappa shape index (κ1) is 21.1. The number of rotatable bonds is 6. The molecule has 0 radical (unpaired) electrons. The smallest absolute Gasteiger partial charge is 0.274 e. The number of aromatic hydroxyl groups is 1. The Morgan fingerprint density at radius 3 is 2.68 bits per heavy atom. The number of ether oxygens (including phenoxy) is 1. The van der Waals surface area contributed by atoms with Crippen molar-refractivity contribution in [1.29, 1.82) is 0 Å². The van der Waals surface area contributed by atoms with Crippen molar-refractivity contribution in [2.24, 2.45) is 0 Å². The number of halogens is 1. The van der Waals surface area contributed by atoms with Gasteiger partial charge in [0.05, 0.1) is 18.2 Å².